The van der Waals surface area contributed by atoms with Crippen molar-refractivity contribution in [3.05, 3.63) is 59.7 Å². The minimum absolute atomic E-state index is 0.0824. The topological polar surface area (TPSA) is 98.1 Å². The molecule has 3 rings (SSSR count). The molecule has 0 bridgehead atoms. The van der Waals surface area contributed by atoms with E-state index in [1.54, 1.807) is 36.4 Å². The number of hydrogen-bond acceptors (Lipinski definition) is 5. The molecule has 0 spiro atoms. The number of imidazole rings is 1. The maximum absolute atomic E-state index is 12.7. The summed E-state index contributed by atoms with van der Waals surface area (Å²) in [6, 6.07) is 14.1. The molecule has 0 aliphatic heterocycles. The second kappa shape index (κ2) is 7.93. The summed E-state index contributed by atoms with van der Waals surface area (Å²) in [7, 11) is -3.58. The molecule has 146 valence electrons. The molecule has 1 N–H and O–H groups in total. The third-order valence-electron chi connectivity index (χ3n) is 4.32. The zero-order chi connectivity index (χ0) is 20.3. The largest absolute Gasteiger partial charge is 0.356 e. The number of nitrogens with zero attached hydrogens (tertiary/aromatic N) is 2. The minimum atomic E-state index is -3.58. The van der Waals surface area contributed by atoms with Gasteiger partial charge in [-0.3, -0.25) is 9.59 Å². The summed E-state index contributed by atoms with van der Waals surface area (Å²) in [6.07, 6.45) is 1.75. The lowest BCUT2D eigenvalue weighted by atomic mass is 10.1. The van der Waals surface area contributed by atoms with Crippen molar-refractivity contribution in [2.45, 2.75) is 25.0 Å². The quantitative estimate of drug-likeness (QED) is 0.613. The Morgan fingerprint density at radius 1 is 1.07 bits per heavy atom. The Hall–Kier alpha value is -3.00. The summed E-state index contributed by atoms with van der Waals surface area (Å²) in [5.74, 6) is -0.289. The maximum atomic E-state index is 12.7. The van der Waals surface area contributed by atoms with Crippen LogP contribution in [0.5, 0.6) is 0 Å². The average Bonchev–Trinajstić information content (AvgIpc) is 3.01. The Balaban J connectivity index is 1.82. The summed E-state index contributed by atoms with van der Waals surface area (Å²) in [5.41, 5.74) is 2.61. The van der Waals surface area contributed by atoms with Gasteiger partial charge >= 0.3 is 0 Å². The molecule has 0 fully saturated rings. The maximum Gasteiger partial charge on any atom is 0.228 e. The normalized spacial score (nSPS) is 11.5. The molecule has 1 aromatic heterocycles. The number of Topliss-reactive ketones (excluding diaryl/α,β-unsaturated/α-hetero) is 1. The fraction of sp³-hybridized carbons (Fsp3) is 0.250. The molecule has 0 atom stereocenters. The Labute approximate surface area is 163 Å². The number of carbonyl (C=O) groups is 2. The highest BCUT2D eigenvalue weighted by Crippen LogP contribution is 2.20. The number of fused-ring (bicyclic) bond motifs is 1. The molecule has 0 saturated carbocycles. The number of amides is 1. The van der Waals surface area contributed by atoms with Crippen LogP contribution in [0.2, 0.25) is 0 Å². The van der Waals surface area contributed by atoms with E-state index in [-0.39, 0.29) is 23.4 Å². The lowest BCUT2D eigenvalue weighted by Gasteiger charge is -2.08. The molecule has 0 aliphatic carbocycles. The lowest BCUT2D eigenvalue weighted by Crippen LogP contribution is -2.22. The summed E-state index contributed by atoms with van der Waals surface area (Å²) in [5, 5.41) is 2.61. The Morgan fingerprint density at radius 2 is 1.75 bits per heavy atom. The minimum Gasteiger partial charge on any atom is -0.356 e. The van der Waals surface area contributed by atoms with Gasteiger partial charge in [0.2, 0.25) is 20.9 Å². The Morgan fingerprint density at radius 3 is 2.39 bits per heavy atom. The van der Waals surface area contributed by atoms with Crippen LogP contribution in [0.15, 0.2) is 53.7 Å². The first-order valence-electron chi connectivity index (χ1n) is 8.77. The van der Waals surface area contributed by atoms with E-state index in [1.165, 1.54) is 11.5 Å². The third kappa shape index (κ3) is 4.45. The van der Waals surface area contributed by atoms with Gasteiger partial charge in [-0.25, -0.2) is 13.4 Å². The molecule has 0 aliphatic rings. The van der Waals surface area contributed by atoms with Gasteiger partial charge in [0.05, 0.1) is 17.6 Å². The first kappa shape index (κ1) is 19.8. The Kier molecular flexibility index (Phi) is 5.60. The molecule has 0 radical (unpaired) electrons. The highest BCUT2D eigenvalue weighted by Gasteiger charge is 2.21. The van der Waals surface area contributed by atoms with Gasteiger partial charge < -0.3 is 9.88 Å². The van der Waals surface area contributed by atoms with Gasteiger partial charge in [-0.1, -0.05) is 36.4 Å². The lowest BCUT2D eigenvalue weighted by molar-refractivity contribution is -0.118. The van der Waals surface area contributed by atoms with E-state index in [0.717, 1.165) is 11.8 Å². The van der Waals surface area contributed by atoms with Crippen molar-refractivity contribution in [1.29, 1.82) is 0 Å². The molecule has 0 unspecified atom stereocenters. The molecular weight excluding hydrogens is 378 g/mol. The number of carbonyl (C=O) groups excluding carboxylic acids is 2. The number of sulfone groups is 1. The van der Waals surface area contributed by atoms with Gasteiger partial charge in [0.1, 0.15) is 0 Å². The molecule has 1 amide bonds. The van der Waals surface area contributed by atoms with Crippen LogP contribution in [0.4, 0.5) is 0 Å². The summed E-state index contributed by atoms with van der Waals surface area (Å²) in [4.78, 5) is 27.8. The SMILES string of the molecule is CC(=O)NCCc1ccc(C(=O)Cn2c(S(C)(=O)=O)nc3ccccc32)cc1. The average molecular weight is 399 g/mol. The first-order chi connectivity index (χ1) is 13.3. The van der Waals surface area contributed by atoms with E-state index in [2.05, 4.69) is 10.3 Å². The van der Waals surface area contributed by atoms with Crippen LogP contribution in [-0.2, 0) is 27.6 Å². The van der Waals surface area contributed by atoms with Gasteiger partial charge in [0.15, 0.2) is 5.78 Å². The van der Waals surface area contributed by atoms with Gasteiger partial charge in [0, 0.05) is 25.3 Å². The second-order valence-corrected chi connectivity index (χ2v) is 8.50. The van der Waals surface area contributed by atoms with Gasteiger partial charge in [-0.15, -0.1) is 0 Å². The number of benzene rings is 2. The van der Waals surface area contributed by atoms with E-state index in [9.17, 15) is 18.0 Å². The van der Waals surface area contributed by atoms with E-state index >= 15 is 0 Å². The molecule has 0 saturated heterocycles. The number of rotatable bonds is 7. The van der Waals surface area contributed by atoms with E-state index in [1.807, 2.05) is 12.1 Å². The highest BCUT2D eigenvalue weighted by molar-refractivity contribution is 7.90. The first-order valence-corrected chi connectivity index (χ1v) is 10.7. The van der Waals surface area contributed by atoms with Gasteiger partial charge in [-0.05, 0) is 24.1 Å². The van der Waals surface area contributed by atoms with E-state index < -0.39 is 9.84 Å². The number of ketones is 1. The summed E-state index contributed by atoms with van der Waals surface area (Å²) >= 11 is 0. The molecule has 3 aromatic rings. The fourth-order valence-electron chi connectivity index (χ4n) is 2.96. The van der Waals surface area contributed by atoms with Crippen molar-refractivity contribution in [1.82, 2.24) is 14.9 Å². The molecule has 7 nitrogen and oxygen atoms in total. The molecule has 28 heavy (non-hydrogen) atoms. The van der Waals surface area contributed by atoms with Crippen LogP contribution in [-0.4, -0.2) is 42.5 Å². The number of aromatic nitrogens is 2. The fourth-order valence-corrected chi connectivity index (χ4v) is 3.79. The van der Waals surface area contributed by atoms with E-state index in [0.29, 0.717) is 29.6 Å². The number of hydrogen-bond donors (Lipinski definition) is 1. The van der Waals surface area contributed by atoms with E-state index in [4.69, 9.17) is 0 Å². The molecular formula is C20H21N3O4S. The predicted octanol–water partition coefficient (Wildman–Crippen LogP) is 2.00. The highest BCUT2D eigenvalue weighted by atomic mass is 32.2. The summed E-state index contributed by atoms with van der Waals surface area (Å²) < 4.78 is 25.7. The van der Waals surface area contributed by atoms with Crippen molar-refractivity contribution in [3.8, 4) is 0 Å². The van der Waals surface area contributed by atoms with Gasteiger partial charge in [-0.2, -0.15) is 0 Å². The van der Waals surface area contributed by atoms with Crippen molar-refractivity contribution in [2.75, 3.05) is 12.8 Å². The number of para-hydroxylation sites is 2. The zero-order valence-corrected chi connectivity index (χ0v) is 16.5. The predicted molar refractivity (Wildman–Crippen MR) is 106 cm³/mol. The van der Waals surface area contributed by atoms with Crippen LogP contribution in [0.1, 0.15) is 22.8 Å². The smallest absolute Gasteiger partial charge is 0.228 e. The third-order valence-corrected chi connectivity index (χ3v) is 5.29. The summed E-state index contributed by atoms with van der Waals surface area (Å²) in [6.45, 7) is 1.88. The van der Waals surface area contributed by atoms with Crippen molar-refractivity contribution in [2.24, 2.45) is 0 Å². The van der Waals surface area contributed by atoms with Crippen LogP contribution >= 0.6 is 0 Å². The monoisotopic (exact) mass is 399 g/mol. The number of nitrogens with one attached hydrogen (secondary N) is 1. The van der Waals surface area contributed by atoms with Crippen molar-refractivity contribution in [3.63, 3.8) is 0 Å². The van der Waals surface area contributed by atoms with Crippen LogP contribution in [0, 0.1) is 0 Å². The molecule has 8 heteroatoms. The van der Waals surface area contributed by atoms with Crippen LogP contribution < -0.4 is 5.32 Å². The van der Waals surface area contributed by atoms with Crippen molar-refractivity contribution >= 4 is 32.6 Å². The standard InChI is InChI=1S/C20H21N3O4S/c1-14(24)21-12-11-15-7-9-16(10-8-15)19(25)13-23-18-6-4-3-5-17(18)22-20(23)28(2,26)27/h3-10H,11-13H2,1-2H3,(H,21,24). The van der Waals surface area contributed by atoms with Gasteiger partial charge in [0.25, 0.3) is 0 Å². The molecule has 1 heterocycles. The molecule has 2 aromatic carbocycles. The van der Waals surface area contributed by atoms with Crippen LogP contribution in [0.25, 0.3) is 11.0 Å². The Bertz CT molecular complexity index is 1130. The van der Waals surface area contributed by atoms with Crippen molar-refractivity contribution < 1.29 is 18.0 Å². The van der Waals surface area contributed by atoms with Crippen LogP contribution in [0.3, 0.4) is 0 Å². The second-order valence-electron chi connectivity index (χ2n) is 6.59. The zero-order valence-electron chi connectivity index (χ0n) is 15.7.